The predicted molar refractivity (Wildman–Crippen MR) is 93.8 cm³/mol. The summed E-state index contributed by atoms with van der Waals surface area (Å²) in [5.41, 5.74) is 6.54. The quantitative estimate of drug-likeness (QED) is 0.791. The van der Waals surface area contributed by atoms with E-state index in [-0.39, 0.29) is 11.8 Å². The number of carbonyl (C=O) groups excluding carboxylic acids is 2. The molecule has 0 radical (unpaired) electrons. The fourth-order valence-corrected chi connectivity index (χ4v) is 3.47. The molecule has 0 unspecified atom stereocenters. The van der Waals surface area contributed by atoms with Gasteiger partial charge < -0.3 is 15.4 Å². The molecule has 25 heavy (non-hydrogen) atoms. The Bertz CT molecular complexity index is 581. The van der Waals surface area contributed by atoms with Gasteiger partial charge in [0.1, 0.15) is 6.04 Å². The average molecular weight is 346 g/mol. The largest absolute Gasteiger partial charge is 0.379 e. The van der Waals surface area contributed by atoms with E-state index in [2.05, 4.69) is 9.80 Å². The fourth-order valence-electron chi connectivity index (χ4n) is 3.47. The summed E-state index contributed by atoms with van der Waals surface area (Å²) in [6.45, 7) is 6.00. The Labute approximate surface area is 148 Å². The van der Waals surface area contributed by atoms with E-state index in [1.54, 1.807) is 0 Å². The normalized spacial score (nSPS) is 21.0. The Kier molecular flexibility index (Phi) is 6.01. The zero-order valence-electron chi connectivity index (χ0n) is 14.5. The third-order valence-corrected chi connectivity index (χ3v) is 4.88. The molecule has 7 nitrogen and oxygen atoms in total. The van der Waals surface area contributed by atoms with E-state index in [1.807, 2.05) is 35.2 Å². The van der Waals surface area contributed by atoms with E-state index in [1.165, 1.54) is 0 Å². The Hall–Kier alpha value is -1.96. The molecule has 0 bridgehead atoms. The minimum atomic E-state index is -0.433. The third kappa shape index (κ3) is 4.56. The lowest BCUT2D eigenvalue weighted by Crippen LogP contribution is -2.54. The van der Waals surface area contributed by atoms with Gasteiger partial charge in [0.15, 0.2) is 0 Å². The summed E-state index contributed by atoms with van der Waals surface area (Å²) in [7, 11) is 0. The first kappa shape index (κ1) is 17.8. The topological polar surface area (TPSA) is 79.1 Å². The highest BCUT2D eigenvalue weighted by molar-refractivity contribution is 5.81. The van der Waals surface area contributed by atoms with Crippen LogP contribution in [0.2, 0.25) is 0 Å². The number of carbonyl (C=O) groups is 2. The van der Waals surface area contributed by atoms with Gasteiger partial charge in [-0.1, -0.05) is 30.3 Å². The molecule has 2 aliphatic rings. The molecule has 2 fully saturated rings. The minimum absolute atomic E-state index is 0.150. The summed E-state index contributed by atoms with van der Waals surface area (Å²) in [4.78, 5) is 30.5. The highest BCUT2D eigenvalue weighted by Gasteiger charge is 2.30. The van der Waals surface area contributed by atoms with Crippen LogP contribution in [0.4, 0.5) is 0 Å². The standard InChI is InChI=1S/C18H26N4O3/c19-18(24)17(15-4-2-1-3-5-15)22-8-6-21(7-9-22)16(23)14-20-10-12-25-13-11-20/h1-5,17H,6-14H2,(H2,19,24)/t17-/m1/s1. The highest BCUT2D eigenvalue weighted by Crippen LogP contribution is 2.22. The van der Waals surface area contributed by atoms with Gasteiger partial charge in [0.05, 0.1) is 19.8 Å². The van der Waals surface area contributed by atoms with Crippen molar-refractivity contribution >= 4 is 11.8 Å². The maximum absolute atomic E-state index is 12.5. The molecule has 3 rings (SSSR count). The second-order valence-corrected chi connectivity index (χ2v) is 6.52. The second-order valence-electron chi connectivity index (χ2n) is 6.52. The molecular weight excluding hydrogens is 320 g/mol. The molecule has 0 aromatic heterocycles. The number of hydrogen-bond donors (Lipinski definition) is 1. The number of benzene rings is 1. The molecular formula is C18H26N4O3. The molecule has 2 saturated heterocycles. The van der Waals surface area contributed by atoms with Gasteiger partial charge in [-0.25, -0.2) is 0 Å². The molecule has 136 valence electrons. The molecule has 2 amide bonds. The van der Waals surface area contributed by atoms with E-state index in [4.69, 9.17) is 10.5 Å². The molecule has 1 aromatic carbocycles. The lowest BCUT2D eigenvalue weighted by Gasteiger charge is -2.39. The summed E-state index contributed by atoms with van der Waals surface area (Å²) >= 11 is 0. The van der Waals surface area contributed by atoms with Gasteiger partial charge in [-0.05, 0) is 5.56 Å². The molecule has 2 heterocycles. The lowest BCUT2D eigenvalue weighted by atomic mass is 10.0. The number of ether oxygens (including phenoxy) is 1. The van der Waals surface area contributed by atoms with Crippen molar-refractivity contribution in [3.8, 4) is 0 Å². The molecule has 0 spiro atoms. The lowest BCUT2D eigenvalue weighted by molar-refractivity contribution is -0.136. The molecule has 2 aliphatic heterocycles. The number of nitrogens with two attached hydrogens (primary N) is 1. The zero-order valence-corrected chi connectivity index (χ0v) is 14.5. The Morgan fingerprint density at radius 2 is 1.64 bits per heavy atom. The van der Waals surface area contributed by atoms with Crippen LogP contribution >= 0.6 is 0 Å². The smallest absolute Gasteiger partial charge is 0.239 e. The van der Waals surface area contributed by atoms with E-state index in [9.17, 15) is 9.59 Å². The van der Waals surface area contributed by atoms with Crippen LogP contribution in [-0.2, 0) is 14.3 Å². The number of nitrogens with zero attached hydrogens (tertiary/aromatic N) is 3. The minimum Gasteiger partial charge on any atom is -0.379 e. The van der Waals surface area contributed by atoms with Crippen molar-refractivity contribution < 1.29 is 14.3 Å². The van der Waals surface area contributed by atoms with Crippen LogP contribution in [0.1, 0.15) is 11.6 Å². The van der Waals surface area contributed by atoms with E-state index < -0.39 is 6.04 Å². The van der Waals surface area contributed by atoms with Crippen molar-refractivity contribution in [3.05, 3.63) is 35.9 Å². The van der Waals surface area contributed by atoms with E-state index >= 15 is 0 Å². The number of primary amides is 1. The highest BCUT2D eigenvalue weighted by atomic mass is 16.5. The summed E-state index contributed by atoms with van der Waals surface area (Å²) in [5.74, 6) is -0.198. The molecule has 7 heteroatoms. The van der Waals surface area contributed by atoms with Crippen molar-refractivity contribution in [2.24, 2.45) is 5.73 Å². The summed E-state index contributed by atoms with van der Waals surface area (Å²) in [6, 6.07) is 9.15. The van der Waals surface area contributed by atoms with Gasteiger partial charge in [-0.2, -0.15) is 0 Å². The van der Waals surface area contributed by atoms with E-state index in [0.29, 0.717) is 45.9 Å². The SMILES string of the molecule is NC(=O)[C@@H](c1ccccc1)N1CCN(C(=O)CN2CCOCC2)CC1. The van der Waals surface area contributed by atoms with Gasteiger partial charge in [-0.15, -0.1) is 0 Å². The van der Waals surface area contributed by atoms with Crippen molar-refractivity contribution in [3.63, 3.8) is 0 Å². The second kappa shape index (κ2) is 8.42. The van der Waals surface area contributed by atoms with Crippen molar-refractivity contribution in [2.45, 2.75) is 6.04 Å². The fraction of sp³-hybridized carbons (Fsp3) is 0.556. The number of amides is 2. The van der Waals surface area contributed by atoms with Crippen LogP contribution in [-0.4, -0.2) is 85.5 Å². The summed E-state index contributed by atoms with van der Waals surface area (Å²) < 4.78 is 5.31. The molecule has 1 aromatic rings. The number of hydrogen-bond acceptors (Lipinski definition) is 5. The monoisotopic (exact) mass is 346 g/mol. The Balaban J connectivity index is 1.55. The van der Waals surface area contributed by atoms with Crippen molar-refractivity contribution in [1.29, 1.82) is 0 Å². The third-order valence-electron chi connectivity index (χ3n) is 4.88. The van der Waals surface area contributed by atoms with Gasteiger partial charge in [-0.3, -0.25) is 19.4 Å². The van der Waals surface area contributed by atoms with Crippen LogP contribution in [0, 0.1) is 0 Å². The average Bonchev–Trinajstić information content (AvgIpc) is 2.64. The predicted octanol–water partition coefficient (Wildman–Crippen LogP) is -0.311. The first-order chi connectivity index (χ1) is 12.1. The first-order valence-corrected chi connectivity index (χ1v) is 8.81. The maximum atomic E-state index is 12.5. The van der Waals surface area contributed by atoms with Crippen LogP contribution in [0.5, 0.6) is 0 Å². The van der Waals surface area contributed by atoms with Crippen LogP contribution in [0.15, 0.2) is 30.3 Å². The molecule has 0 saturated carbocycles. The zero-order chi connectivity index (χ0) is 17.6. The van der Waals surface area contributed by atoms with Gasteiger partial charge >= 0.3 is 0 Å². The molecule has 2 N–H and O–H groups in total. The van der Waals surface area contributed by atoms with E-state index in [0.717, 1.165) is 18.7 Å². The van der Waals surface area contributed by atoms with Crippen LogP contribution < -0.4 is 5.73 Å². The maximum Gasteiger partial charge on any atom is 0.239 e. The van der Waals surface area contributed by atoms with Crippen molar-refractivity contribution in [2.75, 3.05) is 59.0 Å². The van der Waals surface area contributed by atoms with Crippen LogP contribution in [0.3, 0.4) is 0 Å². The Morgan fingerprint density at radius 1 is 1.00 bits per heavy atom. The van der Waals surface area contributed by atoms with Crippen molar-refractivity contribution in [1.82, 2.24) is 14.7 Å². The van der Waals surface area contributed by atoms with Gasteiger partial charge in [0.2, 0.25) is 11.8 Å². The summed E-state index contributed by atoms with van der Waals surface area (Å²) in [6.07, 6.45) is 0. The first-order valence-electron chi connectivity index (χ1n) is 8.81. The number of morpholine rings is 1. The number of piperazine rings is 1. The summed E-state index contributed by atoms with van der Waals surface area (Å²) in [5, 5.41) is 0. The van der Waals surface area contributed by atoms with Crippen LogP contribution in [0.25, 0.3) is 0 Å². The van der Waals surface area contributed by atoms with Gasteiger partial charge in [0, 0.05) is 39.3 Å². The van der Waals surface area contributed by atoms with Gasteiger partial charge in [0.25, 0.3) is 0 Å². The Morgan fingerprint density at radius 3 is 2.24 bits per heavy atom. The molecule has 0 aliphatic carbocycles. The molecule has 1 atom stereocenters. The number of rotatable bonds is 5.